The van der Waals surface area contributed by atoms with E-state index in [9.17, 15) is 4.79 Å². The van der Waals surface area contributed by atoms with Gasteiger partial charge in [0.1, 0.15) is 10.7 Å². The van der Waals surface area contributed by atoms with E-state index in [-0.39, 0.29) is 5.56 Å². The van der Waals surface area contributed by atoms with Gasteiger partial charge in [-0.3, -0.25) is 4.79 Å². The lowest BCUT2D eigenvalue weighted by Gasteiger charge is -2.01. The van der Waals surface area contributed by atoms with Crippen molar-refractivity contribution in [2.75, 3.05) is 0 Å². The van der Waals surface area contributed by atoms with Crippen LogP contribution in [-0.4, -0.2) is 9.97 Å². The van der Waals surface area contributed by atoms with Gasteiger partial charge < -0.3 is 4.98 Å². The van der Waals surface area contributed by atoms with Crippen molar-refractivity contribution in [3.63, 3.8) is 0 Å². The van der Waals surface area contributed by atoms with Gasteiger partial charge in [0.05, 0.1) is 5.39 Å². The Kier molecular flexibility index (Phi) is 2.32. The summed E-state index contributed by atoms with van der Waals surface area (Å²) >= 11 is 1.68. The van der Waals surface area contributed by atoms with Gasteiger partial charge in [-0.1, -0.05) is 30.3 Å². The van der Waals surface area contributed by atoms with Crippen LogP contribution in [0, 0.1) is 0 Å². The molecule has 0 aliphatic heterocycles. The topological polar surface area (TPSA) is 45.8 Å². The molecule has 1 N–H and O–H groups in total. The number of thiophene rings is 1. The molecule has 94 valence electrons. The summed E-state index contributed by atoms with van der Waals surface area (Å²) in [4.78, 5) is 22.1. The minimum Gasteiger partial charge on any atom is -0.306 e. The smallest absolute Gasteiger partial charge is 0.260 e. The van der Waals surface area contributed by atoms with Crippen molar-refractivity contribution in [2.45, 2.75) is 19.3 Å². The van der Waals surface area contributed by atoms with Gasteiger partial charge in [-0.05, 0) is 24.8 Å². The number of hydrogen-bond donors (Lipinski definition) is 1. The maximum atomic E-state index is 12.3. The van der Waals surface area contributed by atoms with Crippen molar-refractivity contribution in [3.05, 3.63) is 51.1 Å². The maximum absolute atomic E-state index is 12.3. The number of fused-ring (bicyclic) bond motifs is 3. The number of rotatable bonds is 1. The summed E-state index contributed by atoms with van der Waals surface area (Å²) in [6, 6.07) is 9.79. The summed E-state index contributed by atoms with van der Waals surface area (Å²) in [6.07, 6.45) is 3.28. The molecule has 4 rings (SSSR count). The van der Waals surface area contributed by atoms with E-state index in [0.717, 1.165) is 35.0 Å². The first-order valence-corrected chi connectivity index (χ1v) is 7.24. The summed E-state index contributed by atoms with van der Waals surface area (Å²) in [5, 5.41) is 0.817. The molecule has 0 radical (unpaired) electrons. The number of aromatic amines is 1. The molecule has 3 nitrogen and oxygen atoms in total. The van der Waals surface area contributed by atoms with Crippen molar-refractivity contribution in [1.82, 2.24) is 9.97 Å². The molecule has 2 heterocycles. The summed E-state index contributed by atoms with van der Waals surface area (Å²) in [5.41, 5.74) is 2.19. The van der Waals surface area contributed by atoms with Gasteiger partial charge in [0, 0.05) is 10.4 Å². The van der Waals surface area contributed by atoms with Gasteiger partial charge in [0.25, 0.3) is 5.56 Å². The quantitative estimate of drug-likeness (QED) is 0.737. The fourth-order valence-electron chi connectivity index (χ4n) is 2.74. The number of H-pyrrole nitrogens is 1. The van der Waals surface area contributed by atoms with Gasteiger partial charge >= 0.3 is 0 Å². The number of hydrogen-bond acceptors (Lipinski definition) is 3. The molecule has 4 heteroatoms. The molecular formula is C15H12N2OS. The second kappa shape index (κ2) is 4.03. The zero-order valence-corrected chi connectivity index (χ0v) is 11.1. The van der Waals surface area contributed by atoms with E-state index in [1.807, 2.05) is 30.3 Å². The van der Waals surface area contributed by atoms with E-state index in [2.05, 4.69) is 9.97 Å². The summed E-state index contributed by atoms with van der Waals surface area (Å²) < 4.78 is 0. The van der Waals surface area contributed by atoms with Crippen molar-refractivity contribution in [2.24, 2.45) is 0 Å². The average molecular weight is 268 g/mol. The Labute approximate surface area is 114 Å². The highest BCUT2D eigenvalue weighted by atomic mass is 32.1. The number of nitrogens with one attached hydrogen (secondary N) is 1. The molecule has 0 amide bonds. The van der Waals surface area contributed by atoms with Gasteiger partial charge in [-0.15, -0.1) is 11.3 Å². The molecule has 0 unspecified atom stereocenters. The van der Waals surface area contributed by atoms with Crippen LogP contribution in [0.1, 0.15) is 16.9 Å². The third-order valence-corrected chi connectivity index (χ3v) is 4.81. The standard InChI is InChI=1S/C15H12N2OS/c18-14-12-10-7-4-8-11(10)19-15(12)17-13(16-14)9-5-2-1-3-6-9/h1-3,5-6H,4,7-8H2,(H,16,17,18). The lowest BCUT2D eigenvalue weighted by molar-refractivity contribution is 0.916. The molecule has 0 bridgehead atoms. The van der Waals surface area contributed by atoms with E-state index in [1.54, 1.807) is 11.3 Å². The minimum absolute atomic E-state index is 0.00301. The van der Waals surface area contributed by atoms with Crippen LogP contribution in [0.2, 0.25) is 0 Å². The van der Waals surface area contributed by atoms with Crippen LogP contribution in [0.5, 0.6) is 0 Å². The van der Waals surface area contributed by atoms with Crippen molar-refractivity contribution >= 4 is 21.6 Å². The molecular weight excluding hydrogens is 256 g/mol. The number of aromatic nitrogens is 2. The van der Waals surface area contributed by atoms with E-state index in [0.29, 0.717) is 5.82 Å². The SMILES string of the molecule is O=c1[nH]c(-c2ccccc2)nc2sc3c(c12)CCC3. The van der Waals surface area contributed by atoms with Gasteiger partial charge in [0.15, 0.2) is 0 Å². The Morgan fingerprint density at radius 2 is 2.00 bits per heavy atom. The van der Waals surface area contributed by atoms with Crippen molar-refractivity contribution in [3.8, 4) is 11.4 Å². The molecule has 1 aromatic carbocycles. The highest BCUT2D eigenvalue weighted by Gasteiger charge is 2.21. The van der Waals surface area contributed by atoms with E-state index in [4.69, 9.17) is 0 Å². The summed E-state index contributed by atoms with van der Waals surface area (Å²) in [5.74, 6) is 0.665. The van der Waals surface area contributed by atoms with Crippen LogP contribution < -0.4 is 5.56 Å². The van der Waals surface area contributed by atoms with Crippen molar-refractivity contribution in [1.29, 1.82) is 0 Å². The van der Waals surface area contributed by atoms with E-state index in [1.165, 1.54) is 10.4 Å². The maximum Gasteiger partial charge on any atom is 0.260 e. The molecule has 1 aliphatic carbocycles. The first-order valence-electron chi connectivity index (χ1n) is 6.43. The molecule has 19 heavy (non-hydrogen) atoms. The van der Waals surface area contributed by atoms with Gasteiger partial charge in [-0.25, -0.2) is 4.98 Å². The fourth-order valence-corrected chi connectivity index (χ4v) is 4.00. The predicted molar refractivity (Wildman–Crippen MR) is 77.7 cm³/mol. The normalized spacial score (nSPS) is 13.9. The highest BCUT2D eigenvalue weighted by molar-refractivity contribution is 7.18. The van der Waals surface area contributed by atoms with Crippen LogP contribution in [0.3, 0.4) is 0 Å². The largest absolute Gasteiger partial charge is 0.306 e. The average Bonchev–Trinajstić information content (AvgIpc) is 2.99. The first kappa shape index (κ1) is 10.9. The Hall–Kier alpha value is -1.94. The van der Waals surface area contributed by atoms with Gasteiger partial charge in [-0.2, -0.15) is 0 Å². The Morgan fingerprint density at radius 1 is 1.16 bits per heavy atom. The van der Waals surface area contributed by atoms with Crippen molar-refractivity contribution < 1.29 is 0 Å². The van der Waals surface area contributed by atoms with E-state index >= 15 is 0 Å². The Bertz CT molecular complexity index is 817. The predicted octanol–water partition coefficient (Wildman–Crippen LogP) is 3.14. The van der Waals surface area contributed by atoms with E-state index < -0.39 is 0 Å². The molecule has 0 spiro atoms. The molecule has 0 fully saturated rings. The van der Waals surface area contributed by atoms with Crippen LogP contribution in [0.4, 0.5) is 0 Å². The second-order valence-electron chi connectivity index (χ2n) is 4.82. The number of nitrogens with zero attached hydrogens (tertiary/aromatic N) is 1. The lowest BCUT2D eigenvalue weighted by Crippen LogP contribution is -2.09. The Morgan fingerprint density at radius 3 is 2.84 bits per heavy atom. The Balaban J connectivity index is 2.00. The molecule has 1 aliphatic rings. The lowest BCUT2D eigenvalue weighted by atomic mass is 10.2. The molecule has 0 saturated carbocycles. The third kappa shape index (κ3) is 1.64. The monoisotopic (exact) mass is 268 g/mol. The first-order chi connectivity index (χ1) is 9.33. The zero-order chi connectivity index (χ0) is 12.8. The number of aryl methyl sites for hydroxylation is 2. The van der Waals surface area contributed by atoms with Crippen LogP contribution in [0.25, 0.3) is 21.6 Å². The molecule has 0 saturated heterocycles. The third-order valence-electron chi connectivity index (χ3n) is 3.62. The molecule has 0 atom stereocenters. The number of benzene rings is 1. The molecule has 2 aromatic heterocycles. The second-order valence-corrected chi connectivity index (χ2v) is 5.90. The minimum atomic E-state index is 0.00301. The van der Waals surface area contributed by atoms with Crippen LogP contribution in [0.15, 0.2) is 35.1 Å². The fraction of sp³-hybridized carbons (Fsp3) is 0.200. The molecule has 3 aromatic rings. The highest BCUT2D eigenvalue weighted by Crippen LogP contribution is 2.35. The zero-order valence-electron chi connectivity index (χ0n) is 10.3. The summed E-state index contributed by atoms with van der Waals surface area (Å²) in [6.45, 7) is 0. The van der Waals surface area contributed by atoms with Crippen LogP contribution in [-0.2, 0) is 12.8 Å². The summed E-state index contributed by atoms with van der Waals surface area (Å²) in [7, 11) is 0. The van der Waals surface area contributed by atoms with Gasteiger partial charge in [0.2, 0.25) is 0 Å². The van der Waals surface area contributed by atoms with Crippen LogP contribution >= 0.6 is 11.3 Å².